The summed E-state index contributed by atoms with van der Waals surface area (Å²) < 4.78 is 15.7. The number of aryl methyl sites for hydroxylation is 1. The zero-order valence-electron chi connectivity index (χ0n) is 14.5. The molecule has 0 radical (unpaired) electrons. The molecular formula is C18H23NO5. The van der Waals surface area contributed by atoms with Gasteiger partial charge in [-0.1, -0.05) is 12.1 Å². The van der Waals surface area contributed by atoms with Gasteiger partial charge in [0.1, 0.15) is 17.8 Å². The third-order valence-electron chi connectivity index (χ3n) is 3.18. The molecule has 0 atom stereocenters. The largest absolute Gasteiger partial charge is 0.464 e. The number of benzene rings is 1. The molecule has 0 saturated heterocycles. The highest BCUT2D eigenvalue weighted by Crippen LogP contribution is 2.22. The van der Waals surface area contributed by atoms with Crippen LogP contribution < -0.4 is 5.32 Å². The van der Waals surface area contributed by atoms with E-state index in [1.165, 1.54) is 0 Å². The molecule has 0 aliphatic carbocycles. The molecule has 0 aliphatic heterocycles. The van der Waals surface area contributed by atoms with Crippen molar-refractivity contribution in [2.45, 2.75) is 39.7 Å². The Morgan fingerprint density at radius 2 is 2.00 bits per heavy atom. The van der Waals surface area contributed by atoms with E-state index in [0.717, 1.165) is 22.1 Å². The first-order valence-corrected chi connectivity index (χ1v) is 7.84. The highest BCUT2D eigenvalue weighted by atomic mass is 16.6. The Morgan fingerprint density at radius 1 is 1.25 bits per heavy atom. The van der Waals surface area contributed by atoms with Gasteiger partial charge in [-0.3, -0.25) is 4.79 Å². The van der Waals surface area contributed by atoms with Crippen molar-refractivity contribution in [3.63, 3.8) is 0 Å². The zero-order valence-corrected chi connectivity index (χ0v) is 14.5. The van der Waals surface area contributed by atoms with Crippen LogP contribution in [0.5, 0.6) is 0 Å². The molecule has 1 amide bonds. The van der Waals surface area contributed by atoms with Crippen LogP contribution in [0.2, 0.25) is 0 Å². The molecule has 1 aromatic heterocycles. The highest BCUT2D eigenvalue weighted by Gasteiger charge is 2.16. The number of fused-ring (bicyclic) bond motifs is 1. The normalized spacial score (nSPS) is 11.3. The van der Waals surface area contributed by atoms with Gasteiger partial charge < -0.3 is 19.2 Å². The van der Waals surface area contributed by atoms with E-state index in [2.05, 4.69) is 5.32 Å². The Labute approximate surface area is 141 Å². The van der Waals surface area contributed by atoms with Crippen molar-refractivity contribution >= 4 is 23.0 Å². The lowest BCUT2D eigenvalue weighted by Gasteiger charge is -2.19. The summed E-state index contributed by atoms with van der Waals surface area (Å²) in [6, 6.07) is 5.83. The van der Waals surface area contributed by atoms with Crippen LogP contribution in [0, 0.1) is 6.92 Å². The molecule has 0 spiro atoms. The first kappa shape index (κ1) is 17.8. The fourth-order valence-electron chi connectivity index (χ4n) is 2.17. The SMILES string of the molecule is Cc1ccc2c(CC(=O)OCCNC(=O)OC(C)(C)C)coc2c1. The Hall–Kier alpha value is -2.50. The van der Waals surface area contributed by atoms with Crippen LogP contribution in [0.4, 0.5) is 4.79 Å². The van der Waals surface area contributed by atoms with Crippen LogP contribution >= 0.6 is 0 Å². The summed E-state index contributed by atoms with van der Waals surface area (Å²) in [5, 5.41) is 3.44. The molecule has 130 valence electrons. The number of ether oxygens (including phenoxy) is 2. The molecule has 24 heavy (non-hydrogen) atoms. The second-order valence-corrected chi connectivity index (χ2v) is 6.59. The van der Waals surface area contributed by atoms with Crippen molar-refractivity contribution in [1.82, 2.24) is 5.32 Å². The number of carbonyl (C=O) groups excluding carboxylic acids is 2. The summed E-state index contributed by atoms with van der Waals surface area (Å²) in [5.41, 5.74) is 2.08. The van der Waals surface area contributed by atoms with Gasteiger partial charge in [0.2, 0.25) is 0 Å². The van der Waals surface area contributed by atoms with Crippen LogP contribution in [0.3, 0.4) is 0 Å². The molecule has 1 heterocycles. The van der Waals surface area contributed by atoms with Crippen LogP contribution in [0.25, 0.3) is 11.0 Å². The average molecular weight is 333 g/mol. The minimum Gasteiger partial charge on any atom is -0.464 e. The van der Waals surface area contributed by atoms with E-state index >= 15 is 0 Å². The van der Waals surface area contributed by atoms with E-state index in [1.807, 2.05) is 25.1 Å². The van der Waals surface area contributed by atoms with E-state index in [0.29, 0.717) is 0 Å². The van der Waals surface area contributed by atoms with Crippen molar-refractivity contribution in [2.75, 3.05) is 13.2 Å². The smallest absolute Gasteiger partial charge is 0.407 e. The Bertz CT molecular complexity index is 727. The molecule has 0 aliphatic rings. The van der Waals surface area contributed by atoms with Gasteiger partial charge in [0, 0.05) is 10.9 Å². The number of carbonyl (C=O) groups is 2. The highest BCUT2D eigenvalue weighted by molar-refractivity contribution is 5.86. The van der Waals surface area contributed by atoms with Crippen molar-refractivity contribution in [3.05, 3.63) is 35.6 Å². The Kier molecular flexibility index (Phi) is 5.49. The summed E-state index contributed by atoms with van der Waals surface area (Å²) in [5.74, 6) is -0.371. The van der Waals surface area contributed by atoms with Gasteiger partial charge in [-0.25, -0.2) is 4.79 Å². The number of nitrogens with one attached hydrogen (secondary N) is 1. The molecular weight excluding hydrogens is 310 g/mol. The third-order valence-corrected chi connectivity index (χ3v) is 3.18. The average Bonchev–Trinajstić information content (AvgIpc) is 2.84. The summed E-state index contributed by atoms with van der Waals surface area (Å²) >= 11 is 0. The van der Waals surface area contributed by atoms with Crippen molar-refractivity contribution in [1.29, 1.82) is 0 Å². The molecule has 0 saturated carbocycles. The molecule has 2 rings (SSSR count). The van der Waals surface area contributed by atoms with Crippen molar-refractivity contribution in [2.24, 2.45) is 0 Å². The molecule has 6 nitrogen and oxygen atoms in total. The number of hydrogen-bond acceptors (Lipinski definition) is 5. The number of esters is 1. The topological polar surface area (TPSA) is 77.8 Å². The first-order chi connectivity index (χ1) is 11.2. The van der Waals surface area contributed by atoms with Crippen LogP contribution in [-0.4, -0.2) is 30.8 Å². The minimum absolute atomic E-state index is 0.0902. The molecule has 0 unspecified atom stereocenters. The molecule has 1 N–H and O–H groups in total. The van der Waals surface area contributed by atoms with Gasteiger partial charge in [0.25, 0.3) is 0 Å². The maximum Gasteiger partial charge on any atom is 0.407 e. The van der Waals surface area contributed by atoms with Crippen LogP contribution in [0.1, 0.15) is 31.9 Å². The maximum atomic E-state index is 11.9. The van der Waals surface area contributed by atoms with Gasteiger partial charge in [-0.2, -0.15) is 0 Å². The summed E-state index contributed by atoms with van der Waals surface area (Å²) in [7, 11) is 0. The number of hydrogen-bond donors (Lipinski definition) is 1. The first-order valence-electron chi connectivity index (χ1n) is 7.84. The fourth-order valence-corrected chi connectivity index (χ4v) is 2.17. The minimum atomic E-state index is -0.554. The lowest BCUT2D eigenvalue weighted by atomic mass is 10.1. The van der Waals surface area contributed by atoms with Crippen molar-refractivity contribution in [3.8, 4) is 0 Å². The number of rotatable bonds is 5. The maximum absolute atomic E-state index is 11.9. The standard InChI is InChI=1S/C18H23NO5/c1-12-5-6-14-13(11-23-15(14)9-12)10-16(20)22-8-7-19-17(21)24-18(2,3)4/h5-6,9,11H,7-8,10H2,1-4H3,(H,19,21). The van der Waals surface area contributed by atoms with Gasteiger partial charge in [0.05, 0.1) is 19.2 Å². The van der Waals surface area contributed by atoms with E-state index in [1.54, 1.807) is 27.0 Å². The summed E-state index contributed by atoms with van der Waals surface area (Å²) in [6.45, 7) is 7.61. The van der Waals surface area contributed by atoms with Gasteiger partial charge in [0.15, 0.2) is 0 Å². The molecule has 0 bridgehead atoms. The van der Waals surface area contributed by atoms with E-state index in [4.69, 9.17) is 13.9 Å². The lowest BCUT2D eigenvalue weighted by molar-refractivity contribution is -0.142. The molecule has 2 aromatic rings. The second-order valence-electron chi connectivity index (χ2n) is 6.59. The Morgan fingerprint density at radius 3 is 2.71 bits per heavy atom. The predicted octanol–water partition coefficient (Wildman–Crippen LogP) is 3.35. The summed E-state index contributed by atoms with van der Waals surface area (Å²) in [4.78, 5) is 23.3. The second kappa shape index (κ2) is 7.38. The van der Waals surface area contributed by atoms with E-state index in [9.17, 15) is 9.59 Å². The van der Waals surface area contributed by atoms with E-state index < -0.39 is 11.7 Å². The Balaban J connectivity index is 1.76. The zero-order chi connectivity index (χ0) is 17.7. The number of furan rings is 1. The number of alkyl carbamates (subject to hydrolysis) is 1. The van der Waals surface area contributed by atoms with Gasteiger partial charge >= 0.3 is 12.1 Å². The molecule has 0 fully saturated rings. The summed E-state index contributed by atoms with van der Waals surface area (Å²) in [6.07, 6.45) is 1.17. The van der Waals surface area contributed by atoms with Gasteiger partial charge in [-0.05, 0) is 39.3 Å². The fraction of sp³-hybridized carbons (Fsp3) is 0.444. The lowest BCUT2D eigenvalue weighted by Crippen LogP contribution is -2.34. The third kappa shape index (κ3) is 5.30. The number of amides is 1. The molecule has 1 aromatic carbocycles. The van der Waals surface area contributed by atoms with Crippen molar-refractivity contribution < 1.29 is 23.5 Å². The van der Waals surface area contributed by atoms with Crippen LogP contribution in [0.15, 0.2) is 28.9 Å². The van der Waals surface area contributed by atoms with Gasteiger partial charge in [-0.15, -0.1) is 0 Å². The quantitative estimate of drug-likeness (QED) is 0.670. The predicted molar refractivity (Wildman–Crippen MR) is 89.9 cm³/mol. The molecule has 6 heteroatoms. The monoisotopic (exact) mass is 333 g/mol. The van der Waals surface area contributed by atoms with Crippen LogP contribution in [-0.2, 0) is 20.7 Å². The van der Waals surface area contributed by atoms with E-state index in [-0.39, 0.29) is 25.5 Å².